The highest BCUT2D eigenvalue weighted by molar-refractivity contribution is 6.30. The van der Waals surface area contributed by atoms with Crippen LogP contribution in [0.2, 0.25) is 5.02 Å². The molecule has 0 radical (unpaired) electrons. The van der Waals surface area contributed by atoms with Crippen molar-refractivity contribution < 1.29 is 9.90 Å². The minimum atomic E-state index is -0.826. The number of carboxylic acids is 1. The highest BCUT2D eigenvalue weighted by atomic mass is 35.5. The lowest BCUT2D eigenvalue weighted by Crippen LogP contribution is -2.01. The zero-order chi connectivity index (χ0) is 16.6. The zero-order valence-corrected chi connectivity index (χ0v) is 13.8. The molecule has 0 bridgehead atoms. The number of aryl methyl sites for hydroxylation is 3. The van der Waals surface area contributed by atoms with E-state index >= 15 is 0 Å². The largest absolute Gasteiger partial charge is 0.481 e. The Morgan fingerprint density at radius 3 is 2.70 bits per heavy atom. The predicted octanol–water partition coefficient (Wildman–Crippen LogP) is 4.29. The van der Waals surface area contributed by atoms with Crippen molar-refractivity contribution in [2.24, 2.45) is 0 Å². The van der Waals surface area contributed by atoms with Crippen molar-refractivity contribution in [1.82, 2.24) is 9.38 Å². The van der Waals surface area contributed by atoms with Gasteiger partial charge in [0.1, 0.15) is 5.65 Å². The van der Waals surface area contributed by atoms with Gasteiger partial charge in [0.25, 0.3) is 0 Å². The van der Waals surface area contributed by atoms with E-state index < -0.39 is 5.97 Å². The van der Waals surface area contributed by atoms with Gasteiger partial charge in [-0.15, -0.1) is 0 Å². The van der Waals surface area contributed by atoms with Gasteiger partial charge in [-0.25, -0.2) is 4.98 Å². The van der Waals surface area contributed by atoms with Crippen LogP contribution in [0.15, 0.2) is 36.5 Å². The molecule has 0 aliphatic heterocycles. The van der Waals surface area contributed by atoms with Gasteiger partial charge in [-0.1, -0.05) is 23.7 Å². The van der Waals surface area contributed by atoms with Gasteiger partial charge in [0, 0.05) is 18.2 Å². The number of aromatic nitrogens is 2. The Labute approximate surface area is 139 Å². The minimum Gasteiger partial charge on any atom is -0.481 e. The summed E-state index contributed by atoms with van der Waals surface area (Å²) in [4.78, 5) is 15.7. The summed E-state index contributed by atoms with van der Waals surface area (Å²) in [6, 6.07) is 9.80. The smallest absolute Gasteiger partial charge is 0.303 e. The fourth-order valence-electron chi connectivity index (χ4n) is 2.65. The molecule has 0 aliphatic rings. The molecule has 0 atom stereocenters. The molecular weight excluding hydrogens is 312 g/mol. The average molecular weight is 329 g/mol. The van der Waals surface area contributed by atoms with Crippen LogP contribution in [-0.4, -0.2) is 20.5 Å². The number of pyridine rings is 1. The van der Waals surface area contributed by atoms with Crippen molar-refractivity contribution in [3.8, 4) is 11.3 Å². The van der Waals surface area contributed by atoms with Crippen molar-refractivity contribution in [2.45, 2.75) is 26.7 Å². The van der Waals surface area contributed by atoms with E-state index in [1.807, 2.05) is 16.5 Å². The summed E-state index contributed by atoms with van der Waals surface area (Å²) < 4.78 is 1.88. The van der Waals surface area contributed by atoms with Gasteiger partial charge in [0.15, 0.2) is 0 Å². The van der Waals surface area contributed by atoms with Crippen LogP contribution in [0.1, 0.15) is 23.2 Å². The van der Waals surface area contributed by atoms with E-state index in [-0.39, 0.29) is 6.42 Å². The number of hydrogen-bond donors (Lipinski definition) is 1. The molecule has 1 aromatic carbocycles. The molecule has 0 fully saturated rings. The molecule has 0 unspecified atom stereocenters. The van der Waals surface area contributed by atoms with E-state index in [0.717, 1.165) is 22.6 Å². The van der Waals surface area contributed by atoms with Crippen molar-refractivity contribution in [1.29, 1.82) is 0 Å². The topological polar surface area (TPSA) is 54.6 Å². The normalized spacial score (nSPS) is 11.1. The first-order valence-corrected chi connectivity index (χ1v) is 7.79. The third-order valence-electron chi connectivity index (χ3n) is 4.04. The van der Waals surface area contributed by atoms with Crippen LogP contribution in [0, 0.1) is 13.8 Å². The maximum absolute atomic E-state index is 11.0. The van der Waals surface area contributed by atoms with Gasteiger partial charge in [-0.05, 0) is 43.2 Å². The third kappa shape index (κ3) is 3.08. The van der Waals surface area contributed by atoms with Crippen LogP contribution in [0.4, 0.5) is 0 Å². The van der Waals surface area contributed by atoms with Crippen molar-refractivity contribution in [2.75, 3.05) is 0 Å². The van der Waals surface area contributed by atoms with E-state index in [4.69, 9.17) is 16.7 Å². The van der Waals surface area contributed by atoms with Gasteiger partial charge < -0.3 is 9.51 Å². The molecule has 118 valence electrons. The second kappa shape index (κ2) is 6.05. The second-order valence-electron chi connectivity index (χ2n) is 5.68. The predicted molar refractivity (Wildman–Crippen MR) is 91.1 cm³/mol. The number of fused-ring (bicyclic) bond motifs is 1. The van der Waals surface area contributed by atoms with Gasteiger partial charge in [0.2, 0.25) is 0 Å². The summed E-state index contributed by atoms with van der Waals surface area (Å²) in [5.74, 6) is -0.826. The molecule has 0 aliphatic carbocycles. The Bertz CT molecular complexity index is 899. The first-order chi connectivity index (χ1) is 11.0. The zero-order valence-electron chi connectivity index (χ0n) is 13.0. The van der Waals surface area contributed by atoms with E-state index in [1.54, 1.807) is 12.3 Å². The Balaban J connectivity index is 2.19. The van der Waals surface area contributed by atoms with Crippen LogP contribution in [0.25, 0.3) is 16.9 Å². The molecule has 0 saturated heterocycles. The number of aliphatic carboxylic acids is 1. The number of rotatable bonds is 4. The van der Waals surface area contributed by atoms with Gasteiger partial charge in [-0.3, -0.25) is 4.79 Å². The van der Waals surface area contributed by atoms with Crippen LogP contribution in [-0.2, 0) is 11.2 Å². The first kappa shape index (κ1) is 15.6. The number of hydrogen-bond acceptors (Lipinski definition) is 2. The molecule has 0 spiro atoms. The summed E-state index contributed by atoms with van der Waals surface area (Å²) in [7, 11) is 0. The number of nitrogens with zero attached hydrogens (tertiary/aromatic N) is 2. The second-order valence-corrected chi connectivity index (χ2v) is 6.11. The van der Waals surface area contributed by atoms with Crippen LogP contribution in [0.5, 0.6) is 0 Å². The third-order valence-corrected chi connectivity index (χ3v) is 4.26. The highest BCUT2D eigenvalue weighted by Crippen LogP contribution is 2.28. The Kier molecular flexibility index (Phi) is 4.09. The summed E-state index contributed by atoms with van der Waals surface area (Å²) in [6.07, 6.45) is 2.24. The molecule has 0 amide bonds. The van der Waals surface area contributed by atoms with Crippen LogP contribution >= 0.6 is 11.6 Å². The summed E-state index contributed by atoms with van der Waals surface area (Å²) in [5.41, 5.74) is 5.84. The molecule has 2 heterocycles. The van der Waals surface area contributed by atoms with E-state index in [9.17, 15) is 4.79 Å². The lowest BCUT2D eigenvalue weighted by atomic mass is 10.0. The maximum Gasteiger partial charge on any atom is 0.303 e. The molecule has 4 nitrogen and oxygen atoms in total. The van der Waals surface area contributed by atoms with Crippen LogP contribution < -0.4 is 0 Å². The summed E-state index contributed by atoms with van der Waals surface area (Å²) in [6.45, 7) is 4.12. The number of imidazole rings is 1. The number of benzene rings is 1. The Morgan fingerprint density at radius 1 is 1.22 bits per heavy atom. The first-order valence-electron chi connectivity index (χ1n) is 7.41. The number of carboxylic acid groups (broad SMARTS) is 1. The van der Waals surface area contributed by atoms with Crippen LogP contribution in [0.3, 0.4) is 0 Å². The van der Waals surface area contributed by atoms with Crippen molar-refractivity contribution in [3.63, 3.8) is 0 Å². The highest BCUT2D eigenvalue weighted by Gasteiger charge is 2.16. The molecule has 3 rings (SSSR count). The van der Waals surface area contributed by atoms with E-state index in [2.05, 4.69) is 31.0 Å². The average Bonchev–Trinajstić information content (AvgIpc) is 2.85. The maximum atomic E-state index is 11.0. The SMILES string of the molecule is Cc1ccc(-c2nc3ccc(Cl)cn3c2CCC(=O)O)cc1C. The number of halogens is 1. The molecule has 1 N–H and O–H groups in total. The minimum absolute atomic E-state index is 0.0537. The molecule has 3 aromatic rings. The molecule has 5 heteroatoms. The molecule has 2 aromatic heterocycles. The lowest BCUT2D eigenvalue weighted by molar-refractivity contribution is -0.136. The molecule has 0 saturated carbocycles. The Hall–Kier alpha value is -2.33. The van der Waals surface area contributed by atoms with E-state index in [1.165, 1.54) is 11.1 Å². The summed E-state index contributed by atoms with van der Waals surface area (Å²) >= 11 is 6.09. The standard InChI is InChI=1S/C18H17ClN2O2/c1-11-3-4-13(9-12(11)2)18-15(6-8-17(22)23)21-10-14(19)5-7-16(21)20-18/h3-5,7,9-10H,6,8H2,1-2H3,(H,22,23). The van der Waals surface area contributed by atoms with E-state index in [0.29, 0.717) is 11.4 Å². The Morgan fingerprint density at radius 2 is 2.00 bits per heavy atom. The quantitative estimate of drug-likeness (QED) is 0.777. The van der Waals surface area contributed by atoms with Gasteiger partial charge in [-0.2, -0.15) is 0 Å². The fourth-order valence-corrected chi connectivity index (χ4v) is 2.81. The molecular formula is C18H17ClN2O2. The van der Waals surface area contributed by atoms with Crippen molar-refractivity contribution in [3.05, 3.63) is 58.4 Å². The summed E-state index contributed by atoms with van der Waals surface area (Å²) in [5, 5.41) is 9.62. The van der Waals surface area contributed by atoms with Crippen molar-refractivity contribution >= 4 is 23.2 Å². The van der Waals surface area contributed by atoms with Gasteiger partial charge >= 0.3 is 5.97 Å². The van der Waals surface area contributed by atoms with Gasteiger partial charge in [0.05, 0.1) is 22.8 Å². The number of carbonyl (C=O) groups is 1. The fraction of sp³-hybridized carbons (Fsp3) is 0.222. The molecule has 23 heavy (non-hydrogen) atoms. The monoisotopic (exact) mass is 328 g/mol. The lowest BCUT2D eigenvalue weighted by Gasteiger charge is -2.06.